The van der Waals surface area contributed by atoms with E-state index in [2.05, 4.69) is 55.3 Å². The molecule has 1 heterocycles. The molecule has 2 aromatic rings. The average molecular weight is 263 g/mol. The molecule has 18 heavy (non-hydrogen) atoms. The van der Waals surface area contributed by atoms with E-state index in [4.69, 9.17) is 0 Å². The standard InChI is InChI=1S/C14H21N3S/c1-10-6-7-12-13(11(10)2)16-14(18-12)15-8-5-9-17(3)4/h6-7H,5,8-9H2,1-4H3,(H,15,16). The molecule has 98 valence electrons. The third kappa shape index (κ3) is 3.00. The first-order valence-corrected chi connectivity index (χ1v) is 7.15. The molecule has 1 N–H and O–H groups in total. The molecule has 1 aromatic carbocycles. The summed E-state index contributed by atoms with van der Waals surface area (Å²) in [5.41, 5.74) is 3.76. The number of rotatable bonds is 5. The first kappa shape index (κ1) is 13.3. The minimum Gasteiger partial charge on any atom is -0.361 e. The highest BCUT2D eigenvalue weighted by atomic mass is 32.1. The Bertz CT molecular complexity index is 531. The number of hydrogen-bond acceptors (Lipinski definition) is 4. The molecule has 0 aliphatic heterocycles. The van der Waals surface area contributed by atoms with Crippen LogP contribution < -0.4 is 5.32 Å². The molecule has 0 fully saturated rings. The number of hydrogen-bond donors (Lipinski definition) is 1. The summed E-state index contributed by atoms with van der Waals surface area (Å²) in [7, 11) is 4.20. The normalized spacial score (nSPS) is 11.4. The number of thiazole rings is 1. The maximum absolute atomic E-state index is 4.68. The van der Waals surface area contributed by atoms with Crippen LogP contribution in [0.15, 0.2) is 12.1 Å². The maximum Gasteiger partial charge on any atom is 0.183 e. The molecule has 3 nitrogen and oxygen atoms in total. The van der Waals surface area contributed by atoms with Gasteiger partial charge in [0.05, 0.1) is 10.2 Å². The van der Waals surface area contributed by atoms with Gasteiger partial charge in [-0.25, -0.2) is 4.98 Å². The van der Waals surface area contributed by atoms with E-state index in [1.54, 1.807) is 11.3 Å². The third-order valence-corrected chi connectivity index (χ3v) is 4.12. The third-order valence-electron chi connectivity index (χ3n) is 3.14. The molecule has 0 bridgehead atoms. The lowest BCUT2D eigenvalue weighted by Crippen LogP contribution is -2.16. The van der Waals surface area contributed by atoms with E-state index in [0.29, 0.717) is 0 Å². The number of benzene rings is 1. The van der Waals surface area contributed by atoms with E-state index in [1.807, 2.05) is 0 Å². The van der Waals surface area contributed by atoms with Crippen LogP contribution in [0.1, 0.15) is 17.5 Å². The molecule has 0 amide bonds. The van der Waals surface area contributed by atoms with E-state index >= 15 is 0 Å². The number of nitrogens with one attached hydrogen (secondary N) is 1. The fourth-order valence-electron chi connectivity index (χ4n) is 1.89. The summed E-state index contributed by atoms with van der Waals surface area (Å²) in [5.74, 6) is 0. The van der Waals surface area contributed by atoms with Crippen molar-refractivity contribution in [2.24, 2.45) is 0 Å². The molecule has 0 saturated heterocycles. The highest BCUT2D eigenvalue weighted by Crippen LogP contribution is 2.29. The van der Waals surface area contributed by atoms with Gasteiger partial charge >= 0.3 is 0 Å². The van der Waals surface area contributed by atoms with Crippen molar-refractivity contribution in [2.75, 3.05) is 32.5 Å². The fraction of sp³-hybridized carbons (Fsp3) is 0.500. The Morgan fingerprint density at radius 3 is 2.78 bits per heavy atom. The van der Waals surface area contributed by atoms with Crippen LogP contribution >= 0.6 is 11.3 Å². The van der Waals surface area contributed by atoms with E-state index in [0.717, 1.165) is 30.2 Å². The molecule has 0 aliphatic rings. The van der Waals surface area contributed by atoms with Crippen LogP contribution in [-0.2, 0) is 0 Å². The van der Waals surface area contributed by atoms with Crippen LogP contribution in [0.5, 0.6) is 0 Å². The van der Waals surface area contributed by atoms with E-state index in [9.17, 15) is 0 Å². The zero-order valence-corrected chi connectivity index (χ0v) is 12.4. The summed E-state index contributed by atoms with van der Waals surface area (Å²) in [5, 5.41) is 4.46. The quantitative estimate of drug-likeness (QED) is 0.839. The van der Waals surface area contributed by atoms with Gasteiger partial charge in [0.25, 0.3) is 0 Å². The van der Waals surface area contributed by atoms with Gasteiger partial charge in [-0.05, 0) is 58.1 Å². The maximum atomic E-state index is 4.68. The Kier molecular flexibility index (Phi) is 4.19. The van der Waals surface area contributed by atoms with E-state index in [1.165, 1.54) is 15.8 Å². The zero-order valence-electron chi connectivity index (χ0n) is 11.6. The van der Waals surface area contributed by atoms with Crippen LogP contribution in [0.3, 0.4) is 0 Å². The van der Waals surface area contributed by atoms with Crippen LogP contribution in [0, 0.1) is 13.8 Å². The summed E-state index contributed by atoms with van der Waals surface area (Å²) >= 11 is 1.74. The summed E-state index contributed by atoms with van der Waals surface area (Å²) in [6.45, 7) is 6.37. The minimum absolute atomic E-state index is 0.982. The molecule has 0 atom stereocenters. The van der Waals surface area contributed by atoms with Crippen LogP contribution in [0.4, 0.5) is 5.13 Å². The molecule has 4 heteroatoms. The topological polar surface area (TPSA) is 28.2 Å². The number of aromatic nitrogens is 1. The molecule has 1 aromatic heterocycles. The van der Waals surface area contributed by atoms with Crippen molar-refractivity contribution in [3.63, 3.8) is 0 Å². The zero-order chi connectivity index (χ0) is 13.1. The monoisotopic (exact) mass is 263 g/mol. The molecule has 0 spiro atoms. The Hall–Kier alpha value is -1.13. The predicted octanol–water partition coefficient (Wildman–Crippen LogP) is 3.28. The molecule has 0 radical (unpaired) electrons. The first-order valence-electron chi connectivity index (χ1n) is 6.33. The predicted molar refractivity (Wildman–Crippen MR) is 80.8 cm³/mol. The van der Waals surface area contributed by atoms with Gasteiger partial charge < -0.3 is 10.2 Å². The second-order valence-corrected chi connectivity index (χ2v) is 5.99. The largest absolute Gasteiger partial charge is 0.361 e. The van der Waals surface area contributed by atoms with Gasteiger partial charge in [0.15, 0.2) is 5.13 Å². The van der Waals surface area contributed by atoms with E-state index in [-0.39, 0.29) is 0 Å². The number of fused-ring (bicyclic) bond motifs is 1. The number of anilines is 1. The molecule has 0 saturated carbocycles. The van der Waals surface area contributed by atoms with Gasteiger partial charge in [-0.1, -0.05) is 17.4 Å². The van der Waals surface area contributed by atoms with Crippen molar-refractivity contribution in [1.29, 1.82) is 0 Å². The van der Waals surface area contributed by atoms with Crippen LogP contribution in [-0.4, -0.2) is 37.1 Å². The van der Waals surface area contributed by atoms with Crippen molar-refractivity contribution >= 4 is 26.7 Å². The molecule has 0 aliphatic carbocycles. The number of nitrogens with zero attached hydrogens (tertiary/aromatic N) is 2. The molecular weight excluding hydrogens is 242 g/mol. The summed E-state index contributed by atoms with van der Waals surface area (Å²) in [6.07, 6.45) is 1.14. The average Bonchev–Trinajstić information content (AvgIpc) is 2.73. The fourth-order valence-corrected chi connectivity index (χ4v) is 2.84. The highest BCUT2D eigenvalue weighted by molar-refractivity contribution is 7.22. The summed E-state index contributed by atoms with van der Waals surface area (Å²) < 4.78 is 1.27. The molecule has 0 unspecified atom stereocenters. The lowest BCUT2D eigenvalue weighted by molar-refractivity contribution is 0.405. The van der Waals surface area contributed by atoms with Crippen molar-refractivity contribution < 1.29 is 0 Å². The Labute approximate surface area is 113 Å². The molecule has 2 rings (SSSR count). The van der Waals surface area contributed by atoms with Gasteiger partial charge in [0.2, 0.25) is 0 Å². The molecular formula is C14H21N3S. The van der Waals surface area contributed by atoms with Crippen LogP contribution in [0.25, 0.3) is 10.2 Å². The summed E-state index contributed by atoms with van der Waals surface area (Å²) in [4.78, 5) is 6.89. The Morgan fingerprint density at radius 1 is 1.28 bits per heavy atom. The van der Waals surface area contributed by atoms with Crippen molar-refractivity contribution in [3.05, 3.63) is 23.3 Å². The van der Waals surface area contributed by atoms with Crippen molar-refractivity contribution in [2.45, 2.75) is 20.3 Å². The SMILES string of the molecule is Cc1ccc2sc(NCCCN(C)C)nc2c1C. The first-order chi connectivity index (χ1) is 8.58. The highest BCUT2D eigenvalue weighted by Gasteiger charge is 2.07. The minimum atomic E-state index is 0.982. The van der Waals surface area contributed by atoms with Crippen molar-refractivity contribution in [1.82, 2.24) is 9.88 Å². The van der Waals surface area contributed by atoms with Gasteiger partial charge in [-0.2, -0.15) is 0 Å². The lowest BCUT2D eigenvalue weighted by atomic mass is 10.1. The van der Waals surface area contributed by atoms with Crippen molar-refractivity contribution in [3.8, 4) is 0 Å². The number of aryl methyl sites for hydroxylation is 2. The van der Waals surface area contributed by atoms with Gasteiger partial charge in [0, 0.05) is 6.54 Å². The lowest BCUT2D eigenvalue weighted by Gasteiger charge is -2.08. The Balaban J connectivity index is 2.04. The summed E-state index contributed by atoms with van der Waals surface area (Å²) in [6, 6.07) is 4.34. The van der Waals surface area contributed by atoms with Gasteiger partial charge in [-0.3, -0.25) is 0 Å². The Morgan fingerprint density at radius 2 is 2.06 bits per heavy atom. The van der Waals surface area contributed by atoms with Gasteiger partial charge in [0.1, 0.15) is 0 Å². The smallest absolute Gasteiger partial charge is 0.183 e. The van der Waals surface area contributed by atoms with Gasteiger partial charge in [-0.15, -0.1) is 0 Å². The van der Waals surface area contributed by atoms with E-state index < -0.39 is 0 Å². The second kappa shape index (κ2) is 5.67. The van der Waals surface area contributed by atoms with Crippen LogP contribution in [0.2, 0.25) is 0 Å². The second-order valence-electron chi connectivity index (χ2n) is 4.96.